The average molecular weight is 224 g/mol. The molecule has 2 atom stereocenters. The molecule has 1 aliphatic carbocycles. The highest BCUT2D eigenvalue weighted by molar-refractivity contribution is 6.30. The Morgan fingerprint density at radius 1 is 1.13 bits per heavy atom. The highest BCUT2D eigenvalue weighted by Gasteiger charge is 2.21. The lowest BCUT2D eigenvalue weighted by Gasteiger charge is -2.28. The van der Waals surface area contributed by atoms with Crippen LogP contribution in [0.4, 0.5) is 0 Å². The van der Waals surface area contributed by atoms with Crippen LogP contribution in [-0.4, -0.2) is 6.04 Å². The third kappa shape index (κ3) is 2.96. The molecule has 2 heteroatoms. The van der Waals surface area contributed by atoms with E-state index in [-0.39, 0.29) is 0 Å². The van der Waals surface area contributed by atoms with Gasteiger partial charge in [-0.2, -0.15) is 0 Å². The molecule has 0 radical (unpaired) electrons. The molecule has 15 heavy (non-hydrogen) atoms. The number of hydrogen-bond acceptors (Lipinski definition) is 1. The Kier molecular flexibility index (Phi) is 3.66. The van der Waals surface area contributed by atoms with Crippen molar-refractivity contribution in [2.45, 2.75) is 38.1 Å². The molecule has 2 rings (SSSR count). The van der Waals surface area contributed by atoms with Crippen molar-refractivity contribution < 1.29 is 0 Å². The first-order chi connectivity index (χ1) is 7.25. The summed E-state index contributed by atoms with van der Waals surface area (Å²) in [5.41, 5.74) is 7.49. The quantitative estimate of drug-likeness (QED) is 0.817. The summed E-state index contributed by atoms with van der Waals surface area (Å²) in [6.45, 7) is 0. The molecule has 0 bridgehead atoms. The summed E-state index contributed by atoms with van der Waals surface area (Å²) in [4.78, 5) is 0. The zero-order valence-electron chi connectivity index (χ0n) is 8.95. The zero-order valence-corrected chi connectivity index (χ0v) is 9.71. The summed E-state index contributed by atoms with van der Waals surface area (Å²) < 4.78 is 0. The van der Waals surface area contributed by atoms with E-state index in [0.29, 0.717) is 12.0 Å². The fourth-order valence-electron chi connectivity index (χ4n) is 2.41. The first-order valence-corrected chi connectivity index (χ1v) is 6.13. The molecule has 1 saturated carbocycles. The molecule has 1 fully saturated rings. The van der Waals surface area contributed by atoms with E-state index < -0.39 is 0 Å². The lowest BCUT2D eigenvalue weighted by molar-refractivity contribution is 0.306. The third-order valence-corrected chi connectivity index (χ3v) is 3.63. The first kappa shape index (κ1) is 11.0. The molecule has 0 spiro atoms. The van der Waals surface area contributed by atoms with Crippen LogP contribution in [0.15, 0.2) is 24.3 Å². The summed E-state index contributed by atoms with van der Waals surface area (Å²) >= 11 is 5.86. The summed E-state index contributed by atoms with van der Waals surface area (Å²) in [7, 11) is 0. The van der Waals surface area contributed by atoms with Gasteiger partial charge in [0.15, 0.2) is 0 Å². The molecule has 1 aliphatic rings. The Bertz CT molecular complexity index is 307. The Labute approximate surface area is 96.6 Å². The summed E-state index contributed by atoms with van der Waals surface area (Å²) in [6.07, 6.45) is 6.23. The second-order valence-electron chi connectivity index (χ2n) is 4.54. The molecule has 0 heterocycles. The monoisotopic (exact) mass is 223 g/mol. The van der Waals surface area contributed by atoms with Crippen molar-refractivity contribution in [3.63, 3.8) is 0 Å². The Morgan fingerprint density at radius 2 is 1.80 bits per heavy atom. The minimum absolute atomic E-state index is 0.398. The molecule has 0 aliphatic heterocycles. The number of nitrogens with two attached hydrogens (primary N) is 1. The predicted molar refractivity (Wildman–Crippen MR) is 65.1 cm³/mol. The van der Waals surface area contributed by atoms with Crippen molar-refractivity contribution in [3.05, 3.63) is 34.9 Å². The van der Waals surface area contributed by atoms with Gasteiger partial charge in [0.1, 0.15) is 0 Å². The number of rotatable bonds is 2. The largest absolute Gasteiger partial charge is 0.327 e. The summed E-state index contributed by atoms with van der Waals surface area (Å²) in [5.74, 6) is 0.667. The van der Waals surface area contributed by atoms with E-state index >= 15 is 0 Å². The molecule has 1 aromatic rings. The second-order valence-corrected chi connectivity index (χ2v) is 4.98. The third-order valence-electron chi connectivity index (χ3n) is 3.38. The van der Waals surface area contributed by atoms with Gasteiger partial charge in [0.25, 0.3) is 0 Å². The SMILES string of the molecule is N[C@H]1CCCC[C@H]1Cc1ccc(Cl)cc1. The Balaban J connectivity index is 1.98. The zero-order chi connectivity index (χ0) is 10.7. The Morgan fingerprint density at radius 3 is 2.47 bits per heavy atom. The van der Waals surface area contributed by atoms with Crippen LogP contribution in [-0.2, 0) is 6.42 Å². The van der Waals surface area contributed by atoms with Crippen molar-refractivity contribution >= 4 is 11.6 Å². The van der Waals surface area contributed by atoms with Crippen LogP contribution in [0, 0.1) is 5.92 Å². The van der Waals surface area contributed by atoms with Gasteiger partial charge in [-0.05, 0) is 42.9 Å². The molecule has 1 aromatic carbocycles. The number of halogens is 1. The van der Waals surface area contributed by atoms with Crippen LogP contribution in [0.5, 0.6) is 0 Å². The molecule has 0 amide bonds. The van der Waals surface area contributed by atoms with Crippen molar-refractivity contribution in [1.29, 1.82) is 0 Å². The van der Waals surface area contributed by atoms with Crippen LogP contribution in [0.3, 0.4) is 0 Å². The van der Waals surface area contributed by atoms with Gasteiger partial charge < -0.3 is 5.73 Å². The van der Waals surface area contributed by atoms with Gasteiger partial charge in [0.05, 0.1) is 0 Å². The highest BCUT2D eigenvalue weighted by Crippen LogP contribution is 2.26. The van der Waals surface area contributed by atoms with Crippen LogP contribution in [0.25, 0.3) is 0 Å². The molecule has 1 nitrogen and oxygen atoms in total. The van der Waals surface area contributed by atoms with Gasteiger partial charge >= 0.3 is 0 Å². The predicted octanol–water partition coefficient (Wildman–Crippen LogP) is 3.40. The molecular formula is C13H18ClN. The van der Waals surface area contributed by atoms with E-state index in [1.54, 1.807) is 0 Å². The maximum absolute atomic E-state index is 6.13. The highest BCUT2D eigenvalue weighted by atomic mass is 35.5. The lowest BCUT2D eigenvalue weighted by Crippen LogP contribution is -2.34. The fraction of sp³-hybridized carbons (Fsp3) is 0.538. The normalized spacial score (nSPS) is 26.5. The van der Waals surface area contributed by atoms with Crippen LogP contribution >= 0.6 is 11.6 Å². The van der Waals surface area contributed by atoms with E-state index in [0.717, 1.165) is 11.4 Å². The second kappa shape index (κ2) is 5.00. The van der Waals surface area contributed by atoms with Crippen molar-refractivity contribution in [2.24, 2.45) is 11.7 Å². The van der Waals surface area contributed by atoms with Gasteiger partial charge in [-0.1, -0.05) is 36.6 Å². The van der Waals surface area contributed by atoms with E-state index in [2.05, 4.69) is 12.1 Å². The minimum Gasteiger partial charge on any atom is -0.327 e. The van der Waals surface area contributed by atoms with Gasteiger partial charge in [0.2, 0.25) is 0 Å². The fourth-order valence-corrected chi connectivity index (χ4v) is 2.54. The lowest BCUT2D eigenvalue weighted by atomic mass is 9.81. The molecule has 0 aromatic heterocycles. The molecule has 82 valence electrons. The van der Waals surface area contributed by atoms with Crippen LogP contribution in [0.2, 0.25) is 5.02 Å². The summed E-state index contributed by atoms with van der Waals surface area (Å²) in [5, 5.41) is 0.812. The van der Waals surface area contributed by atoms with Crippen molar-refractivity contribution in [1.82, 2.24) is 0 Å². The van der Waals surface area contributed by atoms with Crippen molar-refractivity contribution in [2.75, 3.05) is 0 Å². The van der Waals surface area contributed by atoms with Crippen LogP contribution < -0.4 is 5.73 Å². The standard InChI is InChI=1S/C13H18ClN/c14-12-7-5-10(6-8-12)9-11-3-1-2-4-13(11)15/h5-8,11,13H,1-4,9,15H2/t11-,13-/m0/s1. The van der Waals surface area contributed by atoms with Crippen LogP contribution in [0.1, 0.15) is 31.2 Å². The summed E-state index contributed by atoms with van der Waals surface area (Å²) in [6, 6.07) is 8.55. The van der Waals surface area contributed by atoms with E-state index in [4.69, 9.17) is 17.3 Å². The Hall–Kier alpha value is -0.530. The smallest absolute Gasteiger partial charge is 0.0406 e. The van der Waals surface area contributed by atoms with Gasteiger partial charge in [-0.25, -0.2) is 0 Å². The van der Waals surface area contributed by atoms with Crippen molar-refractivity contribution in [3.8, 4) is 0 Å². The number of hydrogen-bond donors (Lipinski definition) is 1. The average Bonchev–Trinajstić information content (AvgIpc) is 2.25. The first-order valence-electron chi connectivity index (χ1n) is 5.76. The number of benzene rings is 1. The molecule has 2 N–H and O–H groups in total. The van der Waals surface area contributed by atoms with Gasteiger partial charge in [-0.15, -0.1) is 0 Å². The van der Waals surface area contributed by atoms with E-state index in [1.807, 2.05) is 12.1 Å². The van der Waals surface area contributed by atoms with Gasteiger partial charge in [-0.3, -0.25) is 0 Å². The molecular weight excluding hydrogens is 206 g/mol. The van der Waals surface area contributed by atoms with Gasteiger partial charge in [0, 0.05) is 11.1 Å². The topological polar surface area (TPSA) is 26.0 Å². The molecule has 0 saturated heterocycles. The minimum atomic E-state index is 0.398. The molecule has 0 unspecified atom stereocenters. The maximum atomic E-state index is 6.13. The van der Waals surface area contributed by atoms with E-state index in [9.17, 15) is 0 Å². The maximum Gasteiger partial charge on any atom is 0.0406 e. The van der Waals surface area contributed by atoms with E-state index in [1.165, 1.54) is 31.2 Å².